The molecule has 3 rings (SSSR count). The van der Waals surface area contributed by atoms with Gasteiger partial charge in [-0.3, -0.25) is 19.5 Å². The van der Waals surface area contributed by atoms with E-state index in [1.807, 2.05) is 0 Å². The van der Waals surface area contributed by atoms with Crippen molar-refractivity contribution in [3.8, 4) is 5.75 Å². The number of carbonyl (C=O) groups is 1. The lowest BCUT2D eigenvalue weighted by atomic mass is 10.1. The predicted molar refractivity (Wildman–Crippen MR) is 84.2 cm³/mol. The van der Waals surface area contributed by atoms with Gasteiger partial charge in [-0.15, -0.1) is 0 Å². The van der Waals surface area contributed by atoms with Crippen LogP contribution in [0.5, 0.6) is 5.75 Å². The maximum atomic E-state index is 12.2. The molecule has 1 amide bonds. The molecule has 0 bridgehead atoms. The Labute approximate surface area is 133 Å². The number of hydrogen-bond acceptors (Lipinski definition) is 6. The van der Waals surface area contributed by atoms with E-state index in [0.29, 0.717) is 11.2 Å². The Kier molecular flexibility index (Phi) is 3.53. The van der Waals surface area contributed by atoms with Gasteiger partial charge in [0.05, 0.1) is 16.0 Å². The summed E-state index contributed by atoms with van der Waals surface area (Å²) in [7, 11) is 1.55. The fraction of sp³-hybridized carbons (Fsp3) is 0.0667. The van der Waals surface area contributed by atoms with Crippen molar-refractivity contribution >= 4 is 28.4 Å². The standard InChI is InChI=1S/C15H11N3O6/c1-17-10-6-5-8(7-12(10)24-15(17)21)16-14(20)9-3-2-4-11(13(9)19)18(22)23/h2-7,19H,1H3,(H,16,20). The number of aromatic hydroxyl groups is 1. The van der Waals surface area contributed by atoms with E-state index >= 15 is 0 Å². The number of benzene rings is 2. The topological polar surface area (TPSA) is 128 Å². The first-order valence-electron chi connectivity index (χ1n) is 6.76. The first-order chi connectivity index (χ1) is 11.4. The number of fused-ring (bicyclic) bond motifs is 1. The van der Waals surface area contributed by atoms with E-state index in [0.717, 1.165) is 6.07 Å². The number of oxazole rings is 1. The van der Waals surface area contributed by atoms with E-state index < -0.39 is 28.0 Å². The van der Waals surface area contributed by atoms with Crippen molar-refractivity contribution in [1.29, 1.82) is 0 Å². The number of carbonyl (C=O) groups excluding carboxylic acids is 1. The zero-order chi connectivity index (χ0) is 17.4. The maximum absolute atomic E-state index is 12.2. The minimum Gasteiger partial charge on any atom is -0.502 e. The summed E-state index contributed by atoms with van der Waals surface area (Å²) >= 11 is 0. The van der Waals surface area contributed by atoms with Crippen molar-refractivity contribution in [1.82, 2.24) is 4.57 Å². The molecule has 0 saturated heterocycles. The lowest BCUT2D eigenvalue weighted by Gasteiger charge is -2.07. The average Bonchev–Trinajstić information content (AvgIpc) is 2.81. The number of nitrogens with zero attached hydrogens (tertiary/aromatic N) is 2. The van der Waals surface area contributed by atoms with Gasteiger partial charge in [-0.05, 0) is 18.2 Å². The minimum absolute atomic E-state index is 0.237. The number of nitrogens with one attached hydrogen (secondary N) is 1. The van der Waals surface area contributed by atoms with Crippen LogP contribution in [0.25, 0.3) is 11.1 Å². The Hall–Kier alpha value is -3.62. The molecule has 9 heteroatoms. The largest absolute Gasteiger partial charge is 0.502 e. The van der Waals surface area contributed by atoms with Crippen LogP contribution >= 0.6 is 0 Å². The zero-order valence-electron chi connectivity index (χ0n) is 12.3. The quantitative estimate of drug-likeness (QED) is 0.559. The molecule has 0 aliphatic carbocycles. The molecule has 24 heavy (non-hydrogen) atoms. The molecule has 1 aromatic heterocycles. The molecule has 122 valence electrons. The molecule has 9 nitrogen and oxygen atoms in total. The van der Waals surface area contributed by atoms with Crippen LogP contribution in [-0.2, 0) is 7.05 Å². The smallest absolute Gasteiger partial charge is 0.419 e. The van der Waals surface area contributed by atoms with Gasteiger partial charge in [0, 0.05) is 24.9 Å². The van der Waals surface area contributed by atoms with Crippen molar-refractivity contribution in [2.45, 2.75) is 0 Å². The molecule has 0 radical (unpaired) electrons. The van der Waals surface area contributed by atoms with E-state index in [-0.39, 0.29) is 11.1 Å². The number of aryl methyl sites for hydroxylation is 1. The number of phenols is 1. The van der Waals surface area contributed by atoms with Gasteiger partial charge >= 0.3 is 11.4 Å². The third-order valence-corrected chi connectivity index (χ3v) is 3.51. The number of phenolic OH excluding ortho intramolecular Hbond substituents is 1. The van der Waals surface area contributed by atoms with Gasteiger partial charge in [-0.2, -0.15) is 0 Å². The fourth-order valence-corrected chi connectivity index (χ4v) is 2.27. The van der Waals surface area contributed by atoms with Gasteiger partial charge in [0.25, 0.3) is 5.91 Å². The number of nitro benzene ring substituents is 1. The van der Waals surface area contributed by atoms with Gasteiger partial charge in [-0.25, -0.2) is 4.79 Å². The lowest BCUT2D eigenvalue weighted by molar-refractivity contribution is -0.385. The normalized spacial score (nSPS) is 10.7. The van der Waals surface area contributed by atoms with Crippen molar-refractivity contribution in [3.05, 3.63) is 62.6 Å². The molecule has 0 atom stereocenters. The second kappa shape index (κ2) is 5.54. The van der Waals surface area contributed by atoms with Crippen molar-refractivity contribution < 1.29 is 19.2 Å². The number of para-hydroxylation sites is 1. The Balaban J connectivity index is 1.94. The molecular formula is C15H11N3O6. The highest BCUT2D eigenvalue weighted by Gasteiger charge is 2.21. The number of nitro groups is 1. The summed E-state index contributed by atoms with van der Waals surface area (Å²) in [4.78, 5) is 33.7. The third kappa shape index (κ3) is 2.47. The highest BCUT2D eigenvalue weighted by Crippen LogP contribution is 2.30. The summed E-state index contributed by atoms with van der Waals surface area (Å²) < 4.78 is 6.33. The van der Waals surface area contributed by atoms with Gasteiger partial charge in [0.2, 0.25) is 5.75 Å². The summed E-state index contributed by atoms with van der Waals surface area (Å²) in [6, 6.07) is 8.23. The van der Waals surface area contributed by atoms with Crippen molar-refractivity contribution in [3.63, 3.8) is 0 Å². The molecule has 0 aliphatic rings. The maximum Gasteiger partial charge on any atom is 0.419 e. The average molecular weight is 329 g/mol. The number of rotatable bonds is 3. The molecule has 0 unspecified atom stereocenters. The zero-order valence-corrected chi connectivity index (χ0v) is 12.3. The van der Waals surface area contributed by atoms with E-state index in [9.17, 15) is 24.8 Å². The van der Waals surface area contributed by atoms with Crippen LogP contribution in [0.4, 0.5) is 11.4 Å². The van der Waals surface area contributed by atoms with Crippen molar-refractivity contribution in [2.24, 2.45) is 7.05 Å². The number of amides is 1. The Morgan fingerprint density at radius 1 is 1.33 bits per heavy atom. The van der Waals surface area contributed by atoms with Gasteiger partial charge < -0.3 is 14.8 Å². The number of aromatic nitrogens is 1. The third-order valence-electron chi connectivity index (χ3n) is 3.51. The first-order valence-corrected chi connectivity index (χ1v) is 6.76. The minimum atomic E-state index is -0.781. The van der Waals surface area contributed by atoms with Crippen LogP contribution < -0.4 is 11.1 Å². The number of anilines is 1. The van der Waals surface area contributed by atoms with E-state index in [4.69, 9.17) is 4.42 Å². The summed E-state index contributed by atoms with van der Waals surface area (Å²) in [6.07, 6.45) is 0. The van der Waals surface area contributed by atoms with Gasteiger partial charge in [0.1, 0.15) is 0 Å². The predicted octanol–water partition coefficient (Wildman–Crippen LogP) is 2.00. The van der Waals surface area contributed by atoms with Crippen LogP contribution in [0, 0.1) is 10.1 Å². The molecule has 0 fully saturated rings. The number of hydrogen-bond donors (Lipinski definition) is 2. The summed E-state index contributed by atoms with van der Waals surface area (Å²) in [6.45, 7) is 0. The second-order valence-corrected chi connectivity index (χ2v) is 4.99. The molecule has 0 aliphatic heterocycles. The Morgan fingerprint density at radius 2 is 2.08 bits per heavy atom. The monoisotopic (exact) mass is 329 g/mol. The molecule has 3 aromatic rings. The van der Waals surface area contributed by atoms with Gasteiger partial charge in [0.15, 0.2) is 5.58 Å². The second-order valence-electron chi connectivity index (χ2n) is 4.99. The summed E-state index contributed by atoms with van der Waals surface area (Å²) in [5.74, 6) is -1.98. The van der Waals surface area contributed by atoms with E-state index in [1.165, 1.54) is 22.8 Å². The summed E-state index contributed by atoms with van der Waals surface area (Å²) in [5.41, 5.74) is 0.346. The van der Waals surface area contributed by atoms with E-state index in [1.54, 1.807) is 19.2 Å². The van der Waals surface area contributed by atoms with Gasteiger partial charge in [-0.1, -0.05) is 6.07 Å². The summed E-state index contributed by atoms with van der Waals surface area (Å²) in [5, 5.41) is 23.2. The molecular weight excluding hydrogens is 318 g/mol. The molecule has 0 saturated carbocycles. The Bertz CT molecular complexity index is 1030. The first kappa shape index (κ1) is 15.3. The Morgan fingerprint density at radius 3 is 2.79 bits per heavy atom. The highest BCUT2D eigenvalue weighted by molar-refractivity contribution is 6.07. The van der Waals surface area contributed by atoms with Crippen LogP contribution in [0.3, 0.4) is 0 Å². The van der Waals surface area contributed by atoms with Crippen LogP contribution in [0.2, 0.25) is 0 Å². The highest BCUT2D eigenvalue weighted by atomic mass is 16.6. The lowest BCUT2D eigenvalue weighted by Crippen LogP contribution is -2.12. The van der Waals surface area contributed by atoms with Crippen molar-refractivity contribution in [2.75, 3.05) is 5.32 Å². The van der Waals surface area contributed by atoms with Crippen LogP contribution in [0.15, 0.2) is 45.6 Å². The SMILES string of the molecule is Cn1c(=O)oc2cc(NC(=O)c3cccc([N+](=O)[O-])c3O)ccc21. The molecule has 2 N–H and O–H groups in total. The van der Waals surface area contributed by atoms with Crippen LogP contribution in [0.1, 0.15) is 10.4 Å². The fourth-order valence-electron chi connectivity index (χ4n) is 2.27. The van der Waals surface area contributed by atoms with E-state index in [2.05, 4.69) is 5.32 Å². The van der Waals surface area contributed by atoms with Crippen LogP contribution in [-0.4, -0.2) is 20.5 Å². The molecule has 2 aromatic carbocycles. The molecule has 0 spiro atoms. The molecule has 1 heterocycles.